The maximum Gasteiger partial charge on any atom is 0.233 e. The molecule has 0 bridgehead atoms. The third-order valence-corrected chi connectivity index (χ3v) is 3.95. The quantitative estimate of drug-likeness (QED) is 0.811. The van der Waals surface area contributed by atoms with Crippen molar-refractivity contribution in [1.29, 1.82) is 0 Å². The van der Waals surface area contributed by atoms with Gasteiger partial charge in [0.25, 0.3) is 0 Å². The molecule has 1 fully saturated rings. The van der Waals surface area contributed by atoms with E-state index in [1.807, 2.05) is 0 Å². The van der Waals surface area contributed by atoms with Crippen LogP contribution >= 0.6 is 0 Å². The molecule has 0 unspecified atom stereocenters. The Morgan fingerprint density at radius 2 is 1.94 bits per heavy atom. The van der Waals surface area contributed by atoms with E-state index in [4.69, 9.17) is 5.73 Å². The number of halogens is 2. The van der Waals surface area contributed by atoms with Crippen LogP contribution in [-0.4, -0.2) is 14.2 Å². The van der Waals surface area contributed by atoms with Gasteiger partial charge in [-0.05, 0) is 24.8 Å². The highest BCUT2D eigenvalue weighted by Gasteiger charge is 2.28. The maximum atomic E-state index is 13.3. The van der Waals surface area contributed by atoms with E-state index in [1.165, 1.54) is 0 Å². The van der Waals surface area contributed by atoms with Gasteiger partial charge in [-0.25, -0.2) is 17.2 Å². The molecular weight excluding hydrogens is 250 g/mol. The van der Waals surface area contributed by atoms with Crippen LogP contribution in [0, 0.1) is 17.6 Å². The van der Waals surface area contributed by atoms with Crippen molar-refractivity contribution in [1.82, 2.24) is 0 Å². The molecule has 2 rings (SSSR count). The molecule has 0 heterocycles. The molecule has 1 aliphatic rings. The average molecular weight is 262 g/mol. The van der Waals surface area contributed by atoms with E-state index in [-0.39, 0.29) is 23.0 Å². The second-order valence-corrected chi connectivity index (χ2v) is 5.95. The van der Waals surface area contributed by atoms with Crippen LogP contribution < -0.4 is 10.5 Å². The Morgan fingerprint density at radius 3 is 2.53 bits per heavy atom. The predicted octanol–water partition coefficient (Wildman–Crippen LogP) is 1.70. The molecule has 0 radical (unpaired) electrons. The lowest BCUT2D eigenvalue weighted by Gasteiger charge is -2.09. The van der Waals surface area contributed by atoms with Crippen molar-refractivity contribution in [2.75, 3.05) is 16.2 Å². The molecule has 0 amide bonds. The smallest absolute Gasteiger partial charge is 0.233 e. The zero-order valence-corrected chi connectivity index (χ0v) is 9.73. The minimum absolute atomic E-state index is 0.0380. The van der Waals surface area contributed by atoms with E-state index < -0.39 is 21.7 Å². The van der Waals surface area contributed by atoms with Gasteiger partial charge in [0.1, 0.15) is 11.6 Å². The largest absolute Gasteiger partial charge is 0.396 e. The van der Waals surface area contributed by atoms with Crippen molar-refractivity contribution in [3.8, 4) is 0 Å². The van der Waals surface area contributed by atoms with Crippen LogP contribution in [0.25, 0.3) is 0 Å². The van der Waals surface area contributed by atoms with E-state index in [2.05, 4.69) is 4.72 Å². The summed E-state index contributed by atoms with van der Waals surface area (Å²) in [7, 11) is -3.59. The Morgan fingerprint density at radius 1 is 1.29 bits per heavy atom. The minimum Gasteiger partial charge on any atom is -0.396 e. The van der Waals surface area contributed by atoms with Crippen LogP contribution in [0.2, 0.25) is 0 Å². The van der Waals surface area contributed by atoms with Crippen LogP contribution in [0.15, 0.2) is 12.1 Å². The zero-order valence-electron chi connectivity index (χ0n) is 8.91. The highest BCUT2D eigenvalue weighted by Crippen LogP contribution is 2.31. The summed E-state index contributed by atoms with van der Waals surface area (Å²) in [5.41, 5.74) is 4.63. The topological polar surface area (TPSA) is 72.2 Å². The van der Waals surface area contributed by atoms with Crippen LogP contribution in [0.3, 0.4) is 0 Å². The molecule has 1 aliphatic carbocycles. The van der Waals surface area contributed by atoms with Crippen molar-refractivity contribution in [3.05, 3.63) is 23.8 Å². The van der Waals surface area contributed by atoms with Crippen molar-refractivity contribution in [3.63, 3.8) is 0 Å². The molecule has 1 aromatic rings. The molecule has 3 N–H and O–H groups in total. The van der Waals surface area contributed by atoms with Gasteiger partial charge < -0.3 is 5.73 Å². The second kappa shape index (κ2) is 4.14. The SMILES string of the molecule is Nc1cc(NS(=O)(=O)CC2CC2)c(F)cc1F. The number of hydrogen-bond acceptors (Lipinski definition) is 3. The summed E-state index contributed by atoms with van der Waals surface area (Å²) < 4.78 is 51.4. The van der Waals surface area contributed by atoms with Crippen molar-refractivity contribution < 1.29 is 17.2 Å². The lowest BCUT2D eigenvalue weighted by molar-refractivity contribution is 0.584. The third kappa shape index (κ3) is 3.06. The van der Waals surface area contributed by atoms with Crippen molar-refractivity contribution >= 4 is 21.4 Å². The van der Waals surface area contributed by atoms with E-state index in [9.17, 15) is 17.2 Å². The van der Waals surface area contributed by atoms with Crippen LogP contribution in [0.5, 0.6) is 0 Å². The van der Waals surface area contributed by atoms with Gasteiger partial charge in [0, 0.05) is 6.07 Å². The standard InChI is InChI=1S/C10H12F2N2O2S/c11-7-3-8(12)10(4-9(7)13)14-17(15,16)5-6-1-2-6/h3-4,6,14H,1-2,5,13H2. The Bertz CT molecular complexity index is 541. The summed E-state index contributed by atoms with van der Waals surface area (Å²) in [6.45, 7) is 0. The first-order valence-electron chi connectivity index (χ1n) is 5.12. The van der Waals surface area contributed by atoms with Gasteiger partial charge in [-0.2, -0.15) is 0 Å². The number of nitrogens with one attached hydrogen (secondary N) is 1. The number of benzene rings is 1. The molecule has 0 atom stereocenters. The monoisotopic (exact) mass is 262 g/mol. The molecular formula is C10H12F2N2O2S. The number of nitrogens with two attached hydrogens (primary N) is 1. The van der Waals surface area contributed by atoms with Crippen molar-refractivity contribution in [2.45, 2.75) is 12.8 Å². The lowest BCUT2D eigenvalue weighted by atomic mass is 10.2. The van der Waals surface area contributed by atoms with Crippen molar-refractivity contribution in [2.24, 2.45) is 5.92 Å². The number of nitrogen functional groups attached to an aromatic ring is 1. The average Bonchev–Trinajstić information content (AvgIpc) is 2.96. The van der Waals surface area contributed by atoms with Gasteiger partial charge in [0.05, 0.1) is 17.1 Å². The van der Waals surface area contributed by atoms with E-state index in [0.29, 0.717) is 6.07 Å². The predicted molar refractivity (Wildman–Crippen MR) is 60.9 cm³/mol. The normalized spacial score (nSPS) is 15.9. The first kappa shape index (κ1) is 12.1. The minimum atomic E-state index is -3.59. The fraction of sp³-hybridized carbons (Fsp3) is 0.400. The zero-order chi connectivity index (χ0) is 12.6. The van der Waals surface area contributed by atoms with Gasteiger partial charge in [-0.15, -0.1) is 0 Å². The van der Waals surface area contributed by atoms with E-state index in [0.717, 1.165) is 18.9 Å². The summed E-state index contributed by atoms with van der Waals surface area (Å²) in [6.07, 6.45) is 1.74. The van der Waals surface area contributed by atoms with Gasteiger partial charge in [0.2, 0.25) is 10.0 Å². The number of hydrogen-bond donors (Lipinski definition) is 2. The van der Waals surface area contributed by atoms with Gasteiger partial charge in [-0.1, -0.05) is 0 Å². The molecule has 1 aromatic carbocycles. The first-order chi connectivity index (χ1) is 7.87. The Balaban J connectivity index is 2.20. The van der Waals surface area contributed by atoms with Gasteiger partial charge in [0.15, 0.2) is 0 Å². The first-order valence-corrected chi connectivity index (χ1v) is 6.77. The Labute approximate surface area is 97.9 Å². The molecule has 94 valence electrons. The fourth-order valence-electron chi connectivity index (χ4n) is 1.45. The second-order valence-electron chi connectivity index (χ2n) is 4.18. The summed E-state index contributed by atoms with van der Waals surface area (Å²) >= 11 is 0. The third-order valence-electron chi connectivity index (χ3n) is 2.50. The molecule has 7 heteroatoms. The van der Waals surface area contributed by atoms with E-state index >= 15 is 0 Å². The highest BCUT2D eigenvalue weighted by atomic mass is 32.2. The number of sulfonamides is 1. The molecule has 0 aromatic heterocycles. The molecule has 0 spiro atoms. The van der Waals surface area contributed by atoms with Gasteiger partial charge >= 0.3 is 0 Å². The highest BCUT2D eigenvalue weighted by molar-refractivity contribution is 7.92. The maximum absolute atomic E-state index is 13.3. The molecule has 4 nitrogen and oxygen atoms in total. The van der Waals surface area contributed by atoms with Crippen LogP contribution in [-0.2, 0) is 10.0 Å². The van der Waals surface area contributed by atoms with Gasteiger partial charge in [-0.3, -0.25) is 4.72 Å². The summed E-state index contributed by atoms with van der Waals surface area (Å²) in [6, 6.07) is 1.50. The fourth-order valence-corrected chi connectivity index (χ4v) is 2.98. The molecule has 1 saturated carbocycles. The molecule has 17 heavy (non-hydrogen) atoms. The van der Waals surface area contributed by atoms with Crippen LogP contribution in [0.1, 0.15) is 12.8 Å². The number of anilines is 2. The summed E-state index contributed by atoms with van der Waals surface area (Å²) in [5.74, 6) is -1.78. The molecule has 0 aliphatic heterocycles. The number of rotatable bonds is 4. The summed E-state index contributed by atoms with van der Waals surface area (Å²) in [4.78, 5) is 0. The molecule has 0 saturated heterocycles. The Kier molecular flexibility index (Phi) is 2.94. The van der Waals surface area contributed by atoms with E-state index in [1.54, 1.807) is 0 Å². The Hall–Kier alpha value is -1.37. The lowest BCUT2D eigenvalue weighted by Crippen LogP contribution is -2.18. The van der Waals surface area contributed by atoms with Crippen LogP contribution in [0.4, 0.5) is 20.2 Å². The summed E-state index contributed by atoms with van der Waals surface area (Å²) in [5, 5.41) is 0.